The Morgan fingerprint density at radius 1 is 1.21 bits per heavy atom. The van der Waals surface area contributed by atoms with E-state index in [0.717, 1.165) is 48.4 Å². The molecule has 0 unspecified atom stereocenters. The molecule has 0 bridgehead atoms. The third-order valence-corrected chi connectivity index (χ3v) is 7.20. The number of aromatic nitrogens is 3. The molecule has 1 fully saturated rings. The molecule has 2 aliphatic rings. The Morgan fingerprint density at radius 2 is 2.00 bits per heavy atom. The first-order valence-electron chi connectivity index (χ1n) is 9.52. The number of carbonyl (C=O) groups excluding carboxylic acids is 3. The van der Waals surface area contributed by atoms with E-state index < -0.39 is 5.91 Å². The lowest BCUT2D eigenvalue weighted by atomic mass is 10.1. The summed E-state index contributed by atoms with van der Waals surface area (Å²) in [6, 6.07) is 0. The highest BCUT2D eigenvalue weighted by molar-refractivity contribution is 7.99. The van der Waals surface area contributed by atoms with Crippen molar-refractivity contribution in [2.75, 3.05) is 11.1 Å². The molecule has 0 atom stereocenters. The third-order valence-electron chi connectivity index (χ3n) is 5.02. The SMILES string of the molecule is NC(=O)CCn1c(SCC(=O)Nc2sc3c(c2C(N)=O)CCC3)nnc1C1CC1. The van der Waals surface area contributed by atoms with Crippen molar-refractivity contribution in [3.8, 4) is 0 Å². The van der Waals surface area contributed by atoms with Gasteiger partial charge in [0.1, 0.15) is 10.8 Å². The largest absolute Gasteiger partial charge is 0.370 e. The average Bonchev–Trinajstić information content (AvgIpc) is 3.11. The minimum Gasteiger partial charge on any atom is -0.370 e. The topological polar surface area (TPSA) is 146 Å². The third kappa shape index (κ3) is 4.30. The smallest absolute Gasteiger partial charge is 0.251 e. The second-order valence-corrected chi connectivity index (χ2v) is 9.29. The fraction of sp³-hybridized carbons (Fsp3) is 0.500. The number of primary amides is 2. The van der Waals surface area contributed by atoms with Crippen LogP contribution in [0.5, 0.6) is 0 Å². The lowest BCUT2D eigenvalue weighted by Crippen LogP contribution is -2.19. The van der Waals surface area contributed by atoms with Crippen LogP contribution in [0.25, 0.3) is 0 Å². The van der Waals surface area contributed by atoms with E-state index in [-0.39, 0.29) is 24.0 Å². The summed E-state index contributed by atoms with van der Waals surface area (Å²) in [6.07, 6.45) is 5.05. The van der Waals surface area contributed by atoms with E-state index >= 15 is 0 Å². The van der Waals surface area contributed by atoms with Gasteiger partial charge in [0.25, 0.3) is 5.91 Å². The predicted molar refractivity (Wildman–Crippen MR) is 110 cm³/mol. The Kier molecular flexibility index (Phi) is 5.59. The zero-order chi connectivity index (χ0) is 20.5. The van der Waals surface area contributed by atoms with Gasteiger partial charge < -0.3 is 21.4 Å². The van der Waals surface area contributed by atoms with Crippen LogP contribution in [0.1, 0.15) is 58.2 Å². The maximum atomic E-state index is 12.5. The first-order valence-corrected chi connectivity index (χ1v) is 11.3. The number of fused-ring (bicyclic) bond motifs is 1. The number of carbonyl (C=O) groups is 3. The number of rotatable bonds is 9. The van der Waals surface area contributed by atoms with Crippen LogP contribution in [0.2, 0.25) is 0 Å². The van der Waals surface area contributed by atoms with Crippen LogP contribution >= 0.6 is 23.1 Å². The van der Waals surface area contributed by atoms with E-state index in [2.05, 4.69) is 15.5 Å². The van der Waals surface area contributed by atoms with Crippen LogP contribution in [0, 0.1) is 0 Å². The van der Waals surface area contributed by atoms with Gasteiger partial charge in [0.15, 0.2) is 5.16 Å². The van der Waals surface area contributed by atoms with Crippen LogP contribution in [0.15, 0.2) is 5.16 Å². The Morgan fingerprint density at radius 3 is 2.69 bits per heavy atom. The lowest BCUT2D eigenvalue weighted by molar-refractivity contribution is -0.118. The quantitative estimate of drug-likeness (QED) is 0.509. The van der Waals surface area contributed by atoms with E-state index in [4.69, 9.17) is 11.5 Å². The van der Waals surface area contributed by atoms with E-state index in [1.807, 2.05) is 4.57 Å². The second-order valence-electron chi connectivity index (χ2n) is 7.25. The van der Waals surface area contributed by atoms with Crippen molar-refractivity contribution in [1.82, 2.24) is 14.8 Å². The van der Waals surface area contributed by atoms with Crippen molar-refractivity contribution >= 4 is 45.8 Å². The summed E-state index contributed by atoms with van der Waals surface area (Å²) in [5, 5.41) is 12.4. The van der Waals surface area contributed by atoms with Gasteiger partial charge in [-0.05, 0) is 37.7 Å². The molecular weight excluding hydrogens is 412 g/mol. The molecule has 2 aromatic heterocycles. The summed E-state index contributed by atoms with van der Waals surface area (Å²) in [6.45, 7) is 0.404. The van der Waals surface area contributed by atoms with Gasteiger partial charge in [-0.25, -0.2) is 0 Å². The molecule has 29 heavy (non-hydrogen) atoms. The fourth-order valence-electron chi connectivity index (χ4n) is 3.53. The maximum Gasteiger partial charge on any atom is 0.251 e. The number of thioether (sulfide) groups is 1. The van der Waals surface area contributed by atoms with E-state index in [0.29, 0.717) is 28.2 Å². The lowest BCUT2D eigenvalue weighted by Gasteiger charge is -2.09. The molecule has 4 rings (SSSR count). The van der Waals surface area contributed by atoms with Crippen LogP contribution in [0.4, 0.5) is 5.00 Å². The van der Waals surface area contributed by atoms with Crippen molar-refractivity contribution in [3.63, 3.8) is 0 Å². The first kappa shape index (κ1) is 19.9. The summed E-state index contributed by atoms with van der Waals surface area (Å²) in [4.78, 5) is 36.7. The van der Waals surface area contributed by atoms with Crippen LogP contribution < -0.4 is 16.8 Å². The highest BCUT2D eigenvalue weighted by Crippen LogP contribution is 2.40. The zero-order valence-corrected chi connectivity index (χ0v) is 17.4. The number of hydrogen-bond acceptors (Lipinski definition) is 7. The summed E-state index contributed by atoms with van der Waals surface area (Å²) in [7, 11) is 0. The number of nitrogens with zero attached hydrogens (tertiary/aromatic N) is 3. The predicted octanol–water partition coefficient (Wildman–Crippen LogP) is 1.41. The van der Waals surface area contributed by atoms with E-state index in [1.165, 1.54) is 23.1 Å². The van der Waals surface area contributed by atoms with Gasteiger partial charge in [-0.3, -0.25) is 14.4 Å². The summed E-state index contributed by atoms with van der Waals surface area (Å²) < 4.78 is 1.88. The van der Waals surface area contributed by atoms with Gasteiger partial charge in [-0.1, -0.05) is 11.8 Å². The molecule has 0 aromatic carbocycles. The normalized spacial score (nSPS) is 15.3. The minimum absolute atomic E-state index is 0.111. The van der Waals surface area contributed by atoms with Crippen LogP contribution in [0.3, 0.4) is 0 Å². The Hall–Kier alpha value is -2.40. The highest BCUT2D eigenvalue weighted by atomic mass is 32.2. The fourth-order valence-corrected chi connectivity index (χ4v) is 5.61. The second kappa shape index (κ2) is 8.15. The number of anilines is 1. The summed E-state index contributed by atoms with van der Waals surface area (Å²) in [5.74, 6) is 0.187. The standard InChI is InChI=1S/C18H22N6O3S2/c19-12(25)6-7-24-16(9-4-5-9)22-23-18(24)28-8-13(26)21-17-14(15(20)27)10-2-1-3-11(10)29-17/h9H,1-8H2,(H2,19,25)(H2,20,27)(H,21,26). The van der Waals surface area contributed by atoms with E-state index in [1.54, 1.807) is 0 Å². The molecule has 3 amide bonds. The van der Waals surface area contributed by atoms with E-state index in [9.17, 15) is 14.4 Å². The molecule has 0 spiro atoms. The molecule has 154 valence electrons. The molecule has 5 N–H and O–H groups in total. The molecule has 1 saturated carbocycles. The number of nitrogens with two attached hydrogens (primary N) is 2. The first-order chi connectivity index (χ1) is 13.9. The number of thiophene rings is 1. The molecule has 0 radical (unpaired) electrons. The molecule has 2 aromatic rings. The molecule has 11 heteroatoms. The minimum atomic E-state index is -0.507. The summed E-state index contributed by atoms with van der Waals surface area (Å²) in [5.41, 5.74) is 12.2. The van der Waals surface area contributed by atoms with Crippen molar-refractivity contribution in [1.29, 1.82) is 0 Å². The Balaban J connectivity index is 1.43. The maximum absolute atomic E-state index is 12.5. The molecule has 2 aliphatic carbocycles. The molecule has 2 heterocycles. The Labute approximate surface area is 175 Å². The molecule has 9 nitrogen and oxygen atoms in total. The number of aryl methyl sites for hydroxylation is 1. The summed E-state index contributed by atoms with van der Waals surface area (Å²) >= 11 is 2.68. The van der Waals surface area contributed by atoms with Gasteiger partial charge in [-0.15, -0.1) is 21.5 Å². The number of nitrogens with one attached hydrogen (secondary N) is 1. The number of amides is 3. The van der Waals surface area contributed by atoms with Gasteiger partial charge in [0.2, 0.25) is 11.8 Å². The molecule has 0 aliphatic heterocycles. The van der Waals surface area contributed by atoms with Gasteiger partial charge in [-0.2, -0.15) is 0 Å². The van der Waals surface area contributed by atoms with Crippen LogP contribution in [-0.2, 0) is 29.0 Å². The van der Waals surface area contributed by atoms with Gasteiger partial charge >= 0.3 is 0 Å². The van der Waals surface area contributed by atoms with Crippen molar-refractivity contribution in [2.24, 2.45) is 11.5 Å². The van der Waals surface area contributed by atoms with Gasteiger partial charge in [0.05, 0.1) is 11.3 Å². The monoisotopic (exact) mass is 434 g/mol. The van der Waals surface area contributed by atoms with Gasteiger partial charge in [0, 0.05) is 23.8 Å². The average molecular weight is 435 g/mol. The highest BCUT2D eigenvalue weighted by Gasteiger charge is 2.31. The molecule has 0 saturated heterocycles. The number of hydrogen-bond donors (Lipinski definition) is 3. The molecular formula is C18H22N6O3S2. The van der Waals surface area contributed by atoms with Crippen molar-refractivity contribution < 1.29 is 14.4 Å². The van der Waals surface area contributed by atoms with Crippen molar-refractivity contribution in [2.45, 2.75) is 56.1 Å². The van der Waals surface area contributed by atoms with Crippen LogP contribution in [-0.4, -0.2) is 38.2 Å². The van der Waals surface area contributed by atoms with Crippen molar-refractivity contribution in [3.05, 3.63) is 21.8 Å². The Bertz CT molecular complexity index is 979. The zero-order valence-electron chi connectivity index (χ0n) is 15.8.